The van der Waals surface area contributed by atoms with Crippen molar-refractivity contribution in [2.24, 2.45) is 5.92 Å². The van der Waals surface area contributed by atoms with Gasteiger partial charge in [0.15, 0.2) is 5.78 Å². The van der Waals surface area contributed by atoms with Crippen LogP contribution in [-0.4, -0.2) is 12.0 Å². The molecule has 0 spiro atoms. The zero-order chi connectivity index (χ0) is 12.6. The summed E-state index contributed by atoms with van der Waals surface area (Å²) in [6.07, 6.45) is -4.19. The number of halogens is 4. The first-order valence-electron chi connectivity index (χ1n) is 5.26. The van der Waals surface area contributed by atoms with Crippen molar-refractivity contribution in [3.8, 4) is 0 Å². The number of hydrogen-bond donors (Lipinski definition) is 0. The predicted octanol–water partition coefficient (Wildman–Crippen LogP) is 3.52. The molecule has 0 aliphatic heterocycles. The van der Waals surface area contributed by atoms with Gasteiger partial charge in [-0.1, -0.05) is 12.1 Å². The first kappa shape index (κ1) is 12.1. The molecule has 1 saturated carbocycles. The minimum atomic E-state index is -4.44. The van der Waals surface area contributed by atoms with E-state index in [1.807, 2.05) is 0 Å². The highest BCUT2D eigenvalue weighted by atomic mass is 19.4. The van der Waals surface area contributed by atoms with Crippen LogP contribution < -0.4 is 0 Å². The largest absolute Gasteiger partial charge is 0.393 e. The summed E-state index contributed by atoms with van der Waals surface area (Å²) in [7, 11) is 0. The van der Waals surface area contributed by atoms with Gasteiger partial charge >= 0.3 is 6.18 Å². The molecule has 1 aliphatic carbocycles. The molecule has 0 atom stereocenters. The minimum Gasteiger partial charge on any atom is -0.294 e. The van der Waals surface area contributed by atoms with Crippen LogP contribution in [0.15, 0.2) is 18.2 Å². The Morgan fingerprint density at radius 1 is 1.29 bits per heavy atom. The predicted molar refractivity (Wildman–Crippen MR) is 53.2 cm³/mol. The lowest BCUT2D eigenvalue weighted by molar-refractivity contribution is -0.127. The summed E-state index contributed by atoms with van der Waals surface area (Å²) in [6, 6.07) is 3.21. The van der Waals surface area contributed by atoms with Gasteiger partial charge in [-0.05, 0) is 24.5 Å². The van der Waals surface area contributed by atoms with Crippen LogP contribution in [0.3, 0.4) is 0 Å². The summed E-state index contributed by atoms with van der Waals surface area (Å²) in [5, 5.41) is 0. The van der Waals surface area contributed by atoms with Crippen LogP contribution >= 0.6 is 0 Å². The van der Waals surface area contributed by atoms with E-state index in [1.54, 1.807) is 0 Å². The van der Waals surface area contributed by atoms with E-state index < -0.39 is 24.0 Å². The molecular formula is C12H10F4O. The Hall–Kier alpha value is -1.39. The number of benzene rings is 1. The summed E-state index contributed by atoms with van der Waals surface area (Å²) in [5.41, 5.74) is -0.263. The van der Waals surface area contributed by atoms with Crippen LogP contribution in [0.2, 0.25) is 0 Å². The number of ketones is 1. The standard InChI is InChI=1S/C12H10F4O/c13-10-5-8(11(17)7-1-2-7)3-4-9(10)6-12(14,15)16/h3-5,7H,1-2,6H2. The van der Waals surface area contributed by atoms with Crippen molar-refractivity contribution >= 4 is 5.78 Å². The Balaban J connectivity index is 2.19. The van der Waals surface area contributed by atoms with Crippen LogP contribution in [0.1, 0.15) is 28.8 Å². The summed E-state index contributed by atoms with van der Waals surface area (Å²) in [5.74, 6) is -1.21. The highest BCUT2D eigenvalue weighted by Gasteiger charge is 2.32. The van der Waals surface area contributed by atoms with Gasteiger partial charge in [-0.2, -0.15) is 13.2 Å². The number of alkyl halides is 3. The maximum atomic E-state index is 13.4. The Bertz CT molecular complexity index is 446. The van der Waals surface area contributed by atoms with E-state index in [9.17, 15) is 22.4 Å². The average molecular weight is 246 g/mol. The van der Waals surface area contributed by atoms with Crippen LogP contribution in [0.4, 0.5) is 17.6 Å². The van der Waals surface area contributed by atoms with E-state index in [-0.39, 0.29) is 17.3 Å². The van der Waals surface area contributed by atoms with Gasteiger partial charge < -0.3 is 0 Å². The van der Waals surface area contributed by atoms with Gasteiger partial charge in [-0.3, -0.25) is 4.79 Å². The molecule has 92 valence electrons. The Morgan fingerprint density at radius 3 is 2.41 bits per heavy atom. The van der Waals surface area contributed by atoms with Crippen LogP contribution in [0, 0.1) is 11.7 Å². The molecular weight excluding hydrogens is 236 g/mol. The zero-order valence-electron chi connectivity index (χ0n) is 8.85. The summed E-state index contributed by atoms with van der Waals surface area (Å²) >= 11 is 0. The summed E-state index contributed by atoms with van der Waals surface area (Å²) in [4.78, 5) is 11.6. The van der Waals surface area contributed by atoms with Crippen LogP contribution in [0.5, 0.6) is 0 Å². The fourth-order valence-electron chi connectivity index (χ4n) is 1.64. The number of rotatable bonds is 3. The number of carbonyl (C=O) groups excluding carboxylic acids is 1. The van der Waals surface area contributed by atoms with Gasteiger partial charge in [0.25, 0.3) is 0 Å². The van der Waals surface area contributed by atoms with E-state index in [4.69, 9.17) is 0 Å². The summed E-state index contributed by atoms with van der Waals surface area (Å²) in [6.45, 7) is 0. The van der Waals surface area contributed by atoms with Crippen molar-refractivity contribution in [3.63, 3.8) is 0 Å². The van der Waals surface area contributed by atoms with Gasteiger partial charge in [-0.15, -0.1) is 0 Å². The monoisotopic (exact) mass is 246 g/mol. The molecule has 0 N–H and O–H groups in total. The second kappa shape index (κ2) is 4.13. The van der Waals surface area contributed by atoms with E-state index in [0.29, 0.717) is 0 Å². The molecule has 0 radical (unpaired) electrons. The number of carbonyl (C=O) groups is 1. The second-order valence-electron chi connectivity index (χ2n) is 4.24. The quantitative estimate of drug-likeness (QED) is 0.589. The fourth-order valence-corrected chi connectivity index (χ4v) is 1.64. The molecule has 0 saturated heterocycles. The van der Waals surface area contributed by atoms with Crippen molar-refractivity contribution in [1.82, 2.24) is 0 Å². The molecule has 0 unspecified atom stereocenters. The smallest absolute Gasteiger partial charge is 0.294 e. The van der Waals surface area contributed by atoms with Gasteiger partial charge in [-0.25, -0.2) is 4.39 Å². The molecule has 5 heteroatoms. The highest BCUT2D eigenvalue weighted by molar-refractivity contribution is 5.99. The number of hydrogen-bond acceptors (Lipinski definition) is 1. The fraction of sp³-hybridized carbons (Fsp3) is 0.417. The topological polar surface area (TPSA) is 17.1 Å². The zero-order valence-corrected chi connectivity index (χ0v) is 8.85. The van der Waals surface area contributed by atoms with Crippen molar-refractivity contribution < 1.29 is 22.4 Å². The van der Waals surface area contributed by atoms with Gasteiger partial charge in [0.05, 0.1) is 6.42 Å². The lowest BCUT2D eigenvalue weighted by Gasteiger charge is -2.08. The third kappa shape index (κ3) is 3.05. The number of Topliss-reactive ketones (excluding diaryl/α,β-unsaturated/α-hetero) is 1. The van der Waals surface area contributed by atoms with Crippen molar-refractivity contribution in [1.29, 1.82) is 0 Å². The Kier molecular flexibility index (Phi) is 2.93. The average Bonchev–Trinajstić information content (AvgIpc) is 3.01. The van der Waals surface area contributed by atoms with Crippen molar-refractivity contribution in [2.45, 2.75) is 25.4 Å². The van der Waals surface area contributed by atoms with Crippen molar-refractivity contribution in [2.75, 3.05) is 0 Å². The van der Waals surface area contributed by atoms with Gasteiger partial charge in [0, 0.05) is 11.5 Å². The van der Waals surface area contributed by atoms with E-state index in [1.165, 1.54) is 6.07 Å². The second-order valence-corrected chi connectivity index (χ2v) is 4.24. The van der Waals surface area contributed by atoms with E-state index >= 15 is 0 Å². The maximum Gasteiger partial charge on any atom is 0.393 e. The Morgan fingerprint density at radius 2 is 1.94 bits per heavy atom. The first-order valence-corrected chi connectivity index (χ1v) is 5.26. The molecule has 1 aliphatic rings. The van der Waals surface area contributed by atoms with Crippen molar-refractivity contribution in [3.05, 3.63) is 35.1 Å². The van der Waals surface area contributed by atoms with Gasteiger partial charge in [0.1, 0.15) is 5.82 Å². The van der Waals surface area contributed by atoms with E-state index in [2.05, 4.69) is 0 Å². The normalized spacial score (nSPS) is 16.0. The molecule has 1 fully saturated rings. The molecule has 0 heterocycles. The highest BCUT2D eigenvalue weighted by Crippen LogP contribution is 2.33. The molecule has 0 aromatic heterocycles. The van der Waals surface area contributed by atoms with Crippen LogP contribution in [-0.2, 0) is 6.42 Å². The molecule has 17 heavy (non-hydrogen) atoms. The Labute approximate surface area is 95.4 Å². The molecule has 1 nitrogen and oxygen atoms in total. The third-order valence-corrected chi connectivity index (χ3v) is 2.68. The van der Waals surface area contributed by atoms with Crippen LogP contribution in [0.25, 0.3) is 0 Å². The maximum absolute atomic E-state index is 13.4. The molecule has 1 aromatic carbocycles. The molecule has 2 rings (SSSR count). The summed E-state index contributed by atoms with van der Waals surface area (Å²) < 4.78 is 49.6. The third-order valence-electron chi connectivity index (χ3n) is 2.68. The SMILES string of the molecule is O=C(c1ccc(CC(F)(F)F)c(F)c1)C1CC1. The lowest BCUT2D eigenvalue weighted by atomic mass is 10.0. The lowest BCUT2D eigenvalue weighted by Crippen LogP contribution is -2.13. The molecule has 0 bridgehead atoms. The first-order chi connectivity index (χ1) is 7.87. The van der Waals surface area contributed by atoms with E-state index in [0.717, 1.165) is 25.0 Å². The molecule has 1 aromatic rings. The molecule has 0 amide bonds. The minimum absolute atomic E-state index is 0.0668. The van der Waals surface area contributed by atoms with Gasteiger partial charge in [0.2, 0.25) is 0 Å².